The first-order valence-electron chi connectivity index (χ1n) is 4.98. The molecule has 84 valence electrons. The monoisotopic (exact) mass is 208 g/mol. The molecule has 0 unspecified atom stereocenters. The topological polar surface area (TPSA) is 78.1 Å². The number of carbonyl (C=O) groups excluding carboxylic acids is 1. The average molecular weight is 208 g/mol. The standard InChI is InChI=1S/C12H17NO.H3N/c1-9(2)3-4-10-5-7-11(8-6-10)12(13)14;/h5-9H,3-4H2,1-2H3,(H2,13,14);1H3. The highest BCUT2D eigenvalue weighted by Gasteiger charge is 2.00. The van der Waals surface area contributed by atoms with Crippen LogP contribution in [0, 0.1) is 5.92 Å². The maximum atomic E-state index is 10.8. The Hall–Kier alpha value is -1.35. The lowest BCUT2D eigenvalue weighted by molar-refractivity contribution is 0.100. The number of hydrogen-bond donors (Lipinski definition) is 2. The van der Waals surface area contributed by atoms with Gasteiger partial charge < -0.3 is 11.9 Å². The molecule has 1 aromatic rings. The Morgan fingerprint density at radius 2 is 1.80 bits per heavy atom. The molecule has 3 nitrogen and oxygen atoms in total. The van der Waals surface area contributed by atoms with Gasteiger partial charge in [0, 0.05) is 5.56 Å². The van der Waals surface area contributed by atoms with Gasteiger partial charge in [0.15, 0.2) is 0 Å². The zero-order chi connectivity index (χ0) is 10.6. The van der Waals surface area contributed by atoms with Gasteiger partial charge in [-0.3, -0.25) is 4.79 Å². The van der Waals surface area contributed by atoms with Crippen LogP contribution in [0.4, 0.5) is 0 Å². The van der Waals surface area contributed by atoms with E-state index in [0.29, 0.717) is 11.5 Å². The largest absolute Gasteiger partial charge is 0.366 e. The third kappa shape index (κ3) is 4.61. The van der Waals surface area contributed by atoms with Crippen LogP contribution in [0.2, 0.25) is 0 Å². The van der Waals surface area contributed by atoms with Crippen molar-refractivity contribution in [2.75, 3.05) is 0 Å². The maximum Gasteiger partial charge on any atom is 0.248 e. The molecule has 1 aromatic carbocycles. The summed E-state index contributed by atoms with van der Waals surface area (Å²) in [5.74, 6) is 0.353. The molecule has 0 radical (unpaired) electrons. The summed E-state index contributed by atoms with van der Waals surface area (Å²) in [6.07, 6.45) is 2.24. The first-order valence-corrected chi connectivity index (χ1v) is 4.98. The van der Waals surface area contributed by atoms with E-state index in [-0.39, 0.29) is 12.1 Å². The number of carbonyl (C=O) groups is 1. The van der Waals surface area contributed by atoms with E-state index in [1.165, 1.54) is 12.0 Å². The molecule has 1 rings (SSSR count). The third-order valence-electron chi connectivity index (χ3n) is 2.25. The SMILES string of the molecule is CC(C)CCc1ccc(C(N)=O)cc1.N. The van der Waals surface area contributed by atoms with Crippen molar-refractivity contribution in [1.82, 2.24) is 6.15 Å². The minimum Gasteiger partial charge on any atom is -0.366 e. The number of rotatable bonds is 4. The van der Waals surface area contributed by atoms with Crippen molar-refractivity contribution in [2.24, 2.45) is 11.7 Å². The van der Waals surface area contributed by atoms with Crippen LogP contribution in [-0.2, 0) is 6.42 Å². The number of amides is 1. The van der Waals surface area contributed by atoms with Gasteiger partial charge in [-0.15, -0.1) is 0 Å². The van der Waals surface area contributed by atoms with Gasteiger partial charge in [-0.1, -0.05) is 26.0 Å². The Morgan fingerprint density at radius 3 is 2.20 bits per heavy atom. The van der Waals surface area contributed by atoms with Crippen LogP contribution in [0.5, 0.6) is 0 Å². The fourth-order valence-corrected chi connectivity index (χ4v) is 1.29. The minimum atomic E-state index is -0.361. The summed E-state index contributed by atoms with van der Waals surface area (Å²) in [5.41, 5.74) is 7.00. The molecular formula is C12H20N2O. The van der Waals surface area contributed by atoms with E-state index in [0.717, 1.165) is 6.42 Å². The molecule has 0 spiro atoms. The first-order chi connectivity index (χ1) is 6.59. The Morgan fingerprint density at radius 1 is 1.27 bits per heavy atom. The summed E-state index contributed by atoms with van der Waals surface area (Å²) in [6.45, 7) is 4.41. The predicted octanol–water partition coefficient (Wildman–Crippen LogP) is 2.54. The molecule has 0 heterocycles. The van der Waals surface area contributed by atoms with Crippen LogP contribution in [0.15, 0.2) is 24.3 Å². The van der Waals surface area contributed by atoms with Gasteiger partial charge in [-0.05, 0) is 36.5 Å². The second kappa shape index (κ2) is 6.19. The Balaban J connectivity index is 0.00000196. The number of benzene rings is 1. The van der Waals surface area contributed by atoms with Gasteiger partial charge in [0.1, 0.15) is 0 Å². The molecule has 0 fully saturated rings. The predicted molar refractivity (Wildman–Crippen MR) is 63.1 cm³/mol. The van der Waals surface area contributed by atoms with Crippen LogP contribution in [0.25, 0.3) is 0 Å². The second-order valence-electron chi connectivity index (χ2n) is 3.99. The van der Waals surface area contributed by atoms with E-state index in [9.17, 15) is 4.79 Å². The molecule has 15 heavy (non-hydrogen) atoms. The van der Waals surface area contributed by atoms with E-state index in [4.69, 9.17) is 5.73 Å². The van der Waals surface area contributed by atoms with E-state index in [2.05, 4.69) is 13.8 Å². The Labute approximate surface area is 91.3 Å². The summed E-state index contributed by atoms with van der Waals surface area (Å²) in [7, 11) is 0. The summed E-state index contributed by atoms with van der Waals surface area (Å²) >= 11 is 0. The fraction of sp³-hybridized carbons (Fsp3) is 0.417. The van der Waals surface area contributed by atoms with Crippen molar-refractivity contribution in [2.45, 2.75) is 26.7 Å². The molecule has 0 aliphatic carbocycles. The van der Waals surface area contributed by atoms with E-state index in [1.807, 2.05) is 12.1 Å². The van der Waals surface area contributed by atoms with E-state index in [1.54, 1.807) is 12.1 Å². The van der Waals surface area contributed by atoms with Crippen LogP contribution < -0.4 is 11.9 Å². The number of aryl methyl sites for hydroxylation is 1. The highest BCUT2D eigenvalue weighted by Crippen LogP contribution is 2.10. The second-order valence-corrected chi connectivity index (χ2v) is 3.99. The quantitative estimate of drug-likeness (QED) is 0.797. The number of primary amides is 1. The molecule has 0 aliphatic rings. The third-order valence-corrected chi connectivity index (χ3v) is 2.25. The van der Waals surface area contributed by atoms with Crippen molar-refractivity contribution < 1.29 is 4.79 Å². The lowest BCUT2D eigenvalue weighted by Gasteiger charge is -2.04. The molecule has 0 aliphatic heterocycles. The van der Waals surface area contributed by atoms with Gasteiger partial charge in [0.05, 0.1) is 0 Å². The Kier molecular flexibility index (Phi) is 5.64. The lowest BCUT2D eigenvalue weighted by atomic mass is 10.0. The van der Waals surface area contributed by atoms with Gasteiger partial charge in [0.25, 0.3) is 0 Å². The maximum absolute atomic E-state index is 10.8. The average Bonchev–Trinajstić information content (AvgIpc) is 2.15. The first kappa shape index (κ1) is 13.7. The molecule has 5 N–H and O–H groups in total. The molecular weight excluding hydrogens is 188 g/mol. The number of nitrogens with two attached hydrogens (primary N) is 1. The lowest BCUT2D eigenvalue weighted by Crippen LogP contribution is -2.10. The van der Waals surface area contributed by atoms with Gasteiger partial charge >= 0.3 is 0 Å². The fourth-order valence-electron chi connectivity index (χ4n) is 1.29. The summed E-state index contributed by atoms with van der Waals surface area (Å²) in [6, 6.07) is 7.53. The zero-order valence-electron chi connectivity index (χ0n) is 9.49. The van der Waals surface area contributed by atoms with Crippen molar-refractivity contribution in [3.05, 3.63) is 35.4 Å². The summed E-state index contributed by atoms with van der Waals surface area (Å²) in [4.78, 5) is 10.8. The summed E-state index contributed by atoms with van der Waals surface area (Å²) in [5, 5.41) is 0. The molecule has 3 heteroatoms. The van der Waals surface area contributed by atoms with Crippen LogP contribution in [-0.4, -0.2) is 5.91 Å². The number of hydrogen-bond acceptors (Lipinski definition) is 2. The molecule has 1 amide bonds. The van der Waals surface area contributed by atoms with Crippen LogP contribution in [0.3, 0.4) is 0 Å². The van der Waals surface area contributed by atoms with Crippen LogP contribution >= 0.6 is 0 Å². The van der Waals surface area contributed by atoms with Crippen molar-refractivity contribution in [3.63, 3.8) is 0 Å². The van der Waals surface area contributed by atoms with Crippen molar-refractivity contribution >= 4 is 5.91 Å². The minimum absolute atomic E-state index is 0. The highest BCUT2D eigenvalue weighted by molar-refractivity contribution is 5.92. The van der Waals surface area contributed by atoms with Gasteiger partial charge in [0.2, 0.25) is 5.91 Å². The summed E-state index contributed by atoms with van der Waals surface area (Å²) < 4.78 is 0. The highest BCUT2D eigenvalue weighted by atomic mass is 16.1. The van der Waals surface area contributed by atoms with E-state index < -0.39 is 0 Å². The molecule has 0 atom stereocenters. The molecule has 0 saturated heterocycles. The van der Waals surface area contributed by atoms with Gasteiger partial charge in [-0.2, -0.15) is 0 Å². The normalized spacial score (nSPS) is 9.80. The van der Waals surface area contributed by atoms with Crippen molar-refractivity contribution in [3.8, 4) is 0 Å². The Bertz CT molecular complexity index is 304. The molecule has 0 saturated carbocycles. The molecule has 0 aromatic heterocycles. The smallest absolute Gasteiger partial charge is 0.248 e. The van der Waals surface area contributed by atoms with E-state index >= 15 is 0 Å². The zero-order valence-corrected chi connectivity index (χ0v) is 9.49. The van der Waals surface area contributed by atoms with Crippen LogP contribution in [0.1, 0.15) is 36.2 Å². The van der Waals surface area contributed by atoms with Crippen molar-refractivity contribution in [1.29, 1.82) is 0 Å². The molecule has 0 bridgehead atoms. The van der Waals surface area contributed by atoms with Gasteiger partial charge in [-0.25, -0.2) is 0 Å².